The Morgan fingerprint density at radius 3 is 2.60 bits per heavy atom. The molecule has 0 saturated heterocycles. The summed E-state index contributed by atoms with van der Waals surface area (Å²) in [6.45, 7) is 0.743. The fourth-order valence-electron chi connectivity index (χ4n) is 3.23. The molecule has 2 aromatic rings. The van der Waals surface area contributed by atoms with Crippen molar-refractivity contribution >= 4 is 34.8 Å². The van der Waals surface area contributed by atoms with E-state index in [1.54, 1.807) is 12.1 Å². The number of carbonyl (C=O) groups is 2. The Labute approximate surface area is 151 Å². The molecule has 0 atom stereocenters. The van der Waals surface area contributed by atoms with Gasteiger partial charge in [0.25, 0.3) is 0 Å². The zero-order valence-electron chi connectivity index (χ0n) is 13.8. The Kier molecular flexibility index (Phi) is 4.22. The van der Waals surface area contributed by atoms with Crippen molar-refractivity contribution in [1.82, 2.24) is 0 Å². The number of hydrogen-bond donors (Lipinski definition) is 1. The van der Waals surface area contributed by atoms with Crippen molar-refractivity contribution in [1.29, 1.82) is 0 Å². The van der Waals surface area contributed by atoms with Gasteiger partial charge in [0.15, 0.2) is 0 Å². The lowest BCUT2D eigenvalue weighted by molar-refractivity contribution is -0.119. The summed E-state index contributed by atoms with van der Waals surface area (Å²) in [6.07, 6.45) is 3.18. The molecule has 1 fully saturated rings. The zero-order chi connectivity index (χ0) is 17.4. The highest BCUT2D eigenvalue weighted by molar-refractivity contribution is 6.30. The minimum absolute atomic E-state index is 0.0830. The molecule has 25 heavy (non-hydrogen) atoms. The van der Waals surface area contributed by atoms with Crippen molar-refractivity contribution in [3.05, 3.63) is 58.6 Å². The lowest BCUT2D eigenvalue weighted by Gasteiger charge is -2.18. The van der Waals surface area contributed by atoms with Crippen LogP contribution in [0.4, 0.5) is 11.4 Å². The van der Waals surface area contributed by atoms with E-state index in [2.05, 4.69) is 5.32 Å². The van der Waals surface area contributed by atoms with Crippen LogP contribution in [0.3, 0.4) is 0 Å². The molecule has 128 valence electrons. The van der Waals surface area contributed by atoms with Crippen molar-refractivity contribution < 1.29 is 9.59 Å². The van der Waals surface area contributed by atoms with Crippen LogP contribution < -0.4 is 10.2 Å². The van der Waals surface area contributed by atoms with E-state index in [1.807, 2.05) is 35.2 Å². The van der Waals surface area contributed by atoms with Crippen LogP contribution in [-0.4, -0.2) is 18.4 Å². The first-order valence-corrected chi connectivity index (χ1v) is 8.96. The standard InChI is InChI=1S/C20H19ClN2O2/c21-16-6-1-13(2-7-16)11-19(24)22-17-8-5-14-9-10-23(18(14)12-17)20(25)15-3-4-15/h1-2,5-8,12,15H,3-4,9-11H2,(H,22,24). The van der Waals surface area contributed by atoms with E-state index in [9.17, 15) is 9.59 Å². The van der Waals surface area contributed by atoms with Crippen molar-refractivity contribution in [2.75, 3.05) is 16.8 Å². The number of rotatable bonds is 4. The second-order valence-electron chi connectivity index (χ2n) is 6.71. The van der Waals surface area contributed by atoms with Crippen LogP contribution in [0.25, 0.3) is 0 Å². The Morgan fingerprint density at radius 2 is 1.88 bits per heavy atom. The molecular weight excluding hydrogens is 336 g/mol. The van der Waals surface area contributed by atoms with Gasteiger partial charge in [-0.1, -0.05) is 29.8 Å². The summed E-state index contributed by atoms with van der Waals surface area (Å²) >= 11 is 5.87. The number of halogens is 1. The van der Waals surface area contributed by atoms with Crippen LogP contribution in [0.1, 0.15) is 24.0 Å². The molecule has 1 N–H and O–H groups in total. The molecule has 0 unspecified atom stereocenters. The molecule has 0 spiro atoms. The van der Waals surface area contributed by atoms with E-state index in [0.717, 1.165) is 42.7 Å². The molecule has 2 amide bonds. The normalized spacial score (nSPS) is 15.8. The lowest BCUT2D eigenvalue weighted by atomic mass is 10.1. The maximum Gasteiger partial charge on any atom is 0.230 e. The van der Waals surface area contributed by atoms with E-state index in [0.29, 0.717) is 11.4 Å². The van der Waals surface area contributed by atoms with Crippen LogP contribution in [0.2, 0.25) is 5.02 Å². The van der Waals surface area contributed by atoms with Gasteiger partial charge in [0.1, 0.15) is 0 Å². The number of carbonyl (C=O) groups excluding carboxylic acids is 2. The molecule has 5 heteroatoms. The molecule has 1 heterocycles. The molecule has 0 bridgehead atoms. The fourth-order valence-corrected chi connectivity index (χ4v) is 3.36. The maximum atomic E-state index is 12.4. The highest BCUT2D eigenvalue weighted by Crippen LogP contribution is 2.37. The average molecular weight is 355 g/mol. The molecule has 2 aromatic carbocycles. The van der Waals surface area contributed by atoms with Gasteiger partial charge >= 0.3 is 0 Å². The maximum absolute atomic E-state index is 12.4. The molecule has 0 radical (unpaired) electrons. The minimum atomic E-state index is -0.0830. The van der Waals surface area contributed by atoms with Gasteiger partial charge in [-0.25, -0.2) is 0 Å². The summed E-state index contributed by atoms with van der Waals surface area (Å²) in [5, 5.41) is 3.58. The molecule has 0 aromatic heterocycles. The van der Waals surface area contributed by atoms with Crippen molar-refractivity contribution in [3.63, 3.8) is 0 Å². The van der Waals surface area contributed by atoms with Crippen molar-refractivity contribution in [3.8, 4) is 0 Å². The van der Waals surface area contributed by atoms with Gasteiger partial charge in [-0.15, -0.1) is 0 Å². The van der Waals surface area contributed by atoms with E-state index >= 15 is 0 Å². The average Bonchev–Trinajstić information content (AvgIpc) is 3.36. The summed E-state index contributed by atoms with van der Waals surface area (Å²) in [7, 11) is 0. The van der Waals surface area contributed by atoms with Crippen LogP contribution in [0.5, 0.6) is 0 Å². The smallest absolute Gasteiger partial charge is 0.230 e. The number of hydrogen-bond acceptors (Lipinski definition) is 2. The second kappa shape index (κ2) is 6.52. The van der Waals surface area contributed by atoms with Crippen LogP contribution >= 0.6 is 11.6 Å². The SMILES string of the molecule is O=C(Cc1ccc(Cl)cc1)Nc1ccc2c(c1)N(C(=O)C1CC1)CC2. The molecule has 1 aliphatic carbocycles. The number of benzene rings is 2. The molecule has 1 aliphatic heterocycles. The van der Waals surface area contributed by atoms with Gasteiger partial charge < -0.3 is 10.2 Å². The molecule has 4 nitrogen and oxygen atoms in total. The van der Waals surface area contributed by atoms with Crippen molar-refractivity contribution in [2.45, 2.75) is 25.7 Å². The highest BCUT2D eigenvalue weighted by atomic mass is 35.5. The summed E-state index contributed by atoms with van der Waals surface area (Å²) in [5.41, 5.74) is 3.76. The minimum Gasteiger partial charge on any atom is -0.326 e. The Balaban J connectivity index is 1.46. The third kappa shape index (κ3) is 3.54. The first-order valence-electron chi connectivity index (χ1n) is 8.59. The largest absolute Gasteiger partial charge is 0.326 e. The van der Waals surface area contributed by atoms with Gasteiger partial charge in [0, 0.05) is 28.9 Å². The summed E-state index contributed by atoms with van der Waals surface area (Å²) in [4.78, 5) is 26.6. The van der Waals surface area contributed by atoms with Crippen LogP contribution in [0, 0.1) is 5.92 Å². The number of anilines is 2. The Bertz CT molecular complexity index is 828. The van der Waals surface area contributed by atoms with Crippen LogP contribution in [0.15, 0.2) is 42.5 Å². The van der Waals surface area contributed by atoms with Gasteiger partial charge in [0.2, 0.25) is 11.8 Å². The predicted molar refractivity (Wildman–Crippen MR) is 99.0 cm³/mol. The molecular formula is C20H19ClN2O2. The predicted octanol–water partition coefficient (Wildman–Crippen LogP) is 3.82. The van der Waals surface area contributed by atoms with E-state index in [1.165, 1.54) is 5.56 Å². The first kappa shape index (κ1) is 16.2. The van der Waals surface area contributed by atoms with Gasteiger partial charge in [-0.05, 0) is 54.7 Å². The first-order chi connectivity index (χ1) is 12.1. The number of fused-ring (bicyclic) bond motifs is 1. The Hall–Kier alpha value is -2.33. The van der Waals surface area contributed by atoms with E-state index in [4.69, 9.17) is 11.6 Å². The summed E-state index contributed by atoms with van der Waals surface area (Å²) < 4.78 is 0. The molecule has 1 saturated carbocycles. The topological polar surface area (TPSA) is 49.4 Å². The molecule has 2 aliphatic rings. The summed E-state index contributed by atoms with van der Waals surface area (Å²) in [5.74, 6) is 0.345. The van der Waals surface area contributed by atoms with E-state index < -0.39 is 0 Å². The third-order valence-electron chi connectivity index (χ3n) is 4.74. The van der Waals surface area contributed by atoms with Crippen LogP contribution in [-0.2, 0) is 22.4 Å². The summed E-state index contributed by atoms with van der Waals surface area (Å²) in [6, 6.07) is 13.1. The lowest BCUT2D eigenvalue weighted by Crippen LogP contribution is -2.30. The molecule has 4 rings (SSSR count). The zero-order valence-corrected chi connectivity index (χ0v) is 14.6. The van der Waals surface area contributed by atoms with Crippen molar-refractivity contribution in [2.24, 2.45) is 5.92 Å². The number of nitrogens with one attached hydrogen (secondary N) is 1. The quantitative estimate of drug-likeness (QED) is 0.907. The second-order valence-corrected chi connectivity index (χ2v) is 7.15. The Morgan fingerprint density at radius 1 is 1.12 bits per heavy atom. The number of amides is 2. The van der Waals surface area contributed by atoms with E-state index in [-0.39, 0.29) is 17.7 Å². The number of nitrogens with zero attached hydrogens (tertiary/aromatic N) is 1. The van der Waals surface area contributed by atoms with Gasteiger partial charge in [-0.3, -0.25) is 9.59 Å². The third-order valence-corrected chi connectivity index (χ3v) is 4.99. The van der Waals surface area contributed by atoms with Gasteiger partial charge in [0.05, 0.1) is 6.42 Å². The fraction of sp³-hybridized carbons (Fsp3) is 0.300. The highest BCUT2D eigenvalue weighted by Gasteiger charge is 2.36. The monoisotopic (exact) mass is 354 g/mol. The van der Waals surface area contributed by atoms with Gasteiger partial charge in [-0.2, -0.15) is 0 Å².